The minimum atomic E-state index is -3.71. The number of nitrogens with zero attached hydrogens (tertiary/aromatic N) is 2. The fourth-order valence-electron chi connectivity index (χ4n) is 2.33. The van der Waals surface area contributed by atoms with Crippen LogP contribution in [0, 0.1) is 13.8 Å². The number of rotatable bonds is 6. The van der Waals surface area contributed by atoms with Crippen LogP contribution in [-0.4, -0.2) is 25.7 Å². The Balaban J connectivity index is 1.77. The van der Waals surface area contributed by atoms with Crippen LogP contribution in [0.15, 0.2) is 39.0 Å². The summed E-state index contributed by atoms with van der Waals surface area (Å²) in [6.07, 6.45) is 0. The van der Waals surface area contributed by atoms with Gasteiger partial charge in [0.15, 0.2) is 0 Å². The number of sulfonamides is 1. The summed E-state index contributed by atoms with van der Waals surface area (Å²) in [4.78, 5) is 1.03. The zero-order valence-electron chi connectivity index (χ0n) is 13.9. The van der Waals surface area contributed by atoms with E-state index in [1.54, 1.807) is 33.1 Å². The number of hydrogen-bond acceptors (Lipinski definition) is 7. The average molecular weight is 379 g/mol. The average Bonchev–Trinajstić information content (AvgIpc) is 3.25. The van der Waals surface area contributed by atoms with E-state index >= 15 is 0 Å². The van der Waals surface area contributed by atoms with Crippen LogP contribution in [0.1, 0.15) is 17.0 Å². The van der Waals surface area contributed by atoms with Crippen LogP contribution in [0.3, 0.4) is 0 Å². The standard InChI is InChI=1S/C16H17N3O4S2/c1-10-8-14(11(2)7-12(10)22-3)25(20,21)17-9-15-18-19-16(23-15)13-5-4-6-24-13/h4-8,17H,9H2,1-3H3. The van der Waals surface area contributed by atoms with Gasteiger partial charge in [-0.2, -0.15) is 0 Å². The van der Waals surface area contributed by atoms with E-state index in [4.69, 9.17) is 9.15 Å². The molecular formula is C16H17N3O4S2. The summed E-state index contributed by atoms with van der Waals surface area (Å²) < 4.78 is 38.3. The van der Waals surface area contributed by atoms with Crippen molar-refractivity contribution < 1.29 is 17.6 Å². The fraction of sp³-hybridized carbons (Fsp3) is 0.250. The molecule has 25 heavy (non-hydrogen) atoms. The lowest BCUT2D eigenvalue weighted by Gasteiger charge is -2.12. The second kappa shape index (κ2) is 6.95. The molecule has 1 N–H and O–H groups in total. The molecule has 7 nitrogen and oxygen atoms in total. The third-order valence-electron chi connectivity index (χ3n) is 3.59. The minimum absolute atomic E-state index is 0.0781. The van der Waals surface area contributed by atoms with Crippen molar-refractivity contribution in [2.45, 2.75) is 25.3 Å². The van der Waals surface area contributed by atoms with Gasteiger partial charge in [-0.25, -0.2) is 13.1 Å². The number of aryl methyl sites for hydroxylation is 2. The second-order valence-electron chi connectivity index (χ2n) is 5.39. The maximum Gasteiger partial charge on any atom is 0.257 e. The van der Waals surface area contributed by atoms with Crippen LogP contribution in [0.5, 0.6) is 5.75 Å². The number of hydrogen-bond donors (Lipinski definition) is 1. The summed E-state index contributed by atoms with van der Waals surface area (Å²) in [6, 6.07) is 7.02. The van der Waals surface area contributed by atoms with Gasteiger partial charge in [0.1, 0.15) is 5.75 Å². The Morgan fingerprint density at radius 3 is 2.72 bits per heavy atom. The summed E-state index contributed by atoms with van der Waals surface area (Å²) >= 11 is 1.47. The molecule has 0 amide bonds. The van der Waals surface area contributed by atoms with Gasteiger partial charge in [-0.1, -0.05) is 6.07 Å². The summed E-state index contributed by atoms with van der Waals surface area (Å²) in [5.41, 5.74) is 1.34. The molecule has 2 aromatic heterocycles. The Bertz CT molecular complexity index is 979. The molecule has 0 aliphatic carbocycles. The van der Waals surface area contributed by atoms with Crippen molar-refractivity contribution >= 4 is 21.4 Å². The molecule has 1 aromatic carbocycles. The van der Waals surface area contributed by atoms with Gasteiger partial charge in [0.2, 0.25) is 15.9 Å². The van der Waals surface area contributed by atoms with Crippen LogP contribution in [-0.2, 0) is 16.6 Å². The molecular weight excluding hydrogens is 362 g/mol. The van der Waals surface area contributed by atoms with Gasteiger partial charge in [0.25, 0.3) is 5.89 Å². The zero-order valence-corrected chi connectivity index (χ0v) is 15.6. The number of nitrogens with one attached hydrogen (secondary N) is 1. The monoisotopic (exact) mass is 379 g/mol. The Morgan fingerprint density at radius 2 is 2.04 bits per heavy atom. The molecule has 9 heteroatoms. The lowest BCUT2D eigenvalue weighted by atomic mass is 10.1. The molecule has 132 valence electrons. The third-order valence-corrected chi connectivity index (χ3v) is 6.00. The topological polar surface area (TPSA) is 94.3 Å². The summed E-state index contributed by atoms with van der Waals surface area (Å²) in [5.74, 6) is 1.23. The molecule has 0 unspecified atom stereocenters. The van der Waals surface area contributed by atoms with Gasteiger partial charge in [-0.3, -0.25) is 0 Å². The SMILES string of the molecule is COc1cc(C)c(S(=O)(=O)NCc2nnc(-c3cccs3)o2)cc1C. The molecule has 0 atom stereocenters. The van der Waals surface area contributed by atoms with E-state index in [0.29, 0.717) is 17.2 Å². The van der Waals surface area contributed by atoms with Gasteiger partial charge in [-0.15, -0.1) is 21.5 Å². The summed E-state index contributed by atoms with van der Waals surface area (Å²) in [6.45, 7) is 3.44. The molecule has 0 radical (unpaired) electrons. The maximum absolute atomic E-state index is 12.6. The van der Waals surface area contributed by atoms with E-state index in [9.17, 15) is 8.42 Å². The molecule has 0 saturated carbocycles. The summed E-state index contributed by atoms with van der Waals surface area (Å²) in [7, 11) is -2.16. The largest absolute Gasteiger partial charge is 0.496 e. The number of benzene rings is 1. The molecule has 3 rings (SSSR count). The first kappa shape index (κ1) is 17.6. The van der Waals surface area contributed by atoms with Crippen LogP contribution < -0.4 is 9.46 Å². The number of methoxy groups -OCH3 is 1. The number of thiophene rings is 1. The molecule has 0 bridgehead atoms. The fourth-order valence-corrected chi connectivity index (χ4v) is 4.26. The van der Waals surface area contributed by atoms with E-state index in [2.05, 4.69) is 14.9 Å². The zero-order chi connectivity index (χ0) is 18.0. The first-order chi connectivity index (χ1) is 11.9. The Morgan fingerprint density at radius 1 is 1.24 bits per heavy atom. The van der Waals surface area contributed by atoms with Gasteiger partial charge in [0.05, 0.1) is 23.4 Å². The summed E-state index contributed by atoms with van der Waals surface area (Å²) in [5, 5.41) is 9.71. The molecule has 0 spiro atoms. The van der Waals surface area contributed by atoms with E-state index < -0.39 is 10.0 Å². The highest BCUT2D eigenvalue weighted by molar-refractivity contribution is 7.89. The van der Waals surface area contributed by atoms with Crippen LogP contribution in [0.25, 0.3) is 10.8 Å². The maximum atomic E-state index is 12.6. The Kier molecular flexibility index (Phi) is 4.89. The number of ether oxygens (including phenoxy) is 1. The second-order valence-corrected chi connectivity index (χ2v) is 8.07. The normalized spacial score (nSPS) is 11.6. The van der Waals surface area contributed by atoms with E-state index in [1.165, 1.54) is 11.3 Å². The van der Waals surface area contributed by atoms with Gasteiger partial charge >= 0.3 is 0 Å². The van der Waals surface area contributed by atoms with Crippen molar-refractivity contribution in [3.8, 4) is 16.5 Å². The molecule has 0 aliphatic rings. The first-order valence-corrected chi connectivity index (χ1v) is 9.78. The van der Waals surface area contributed by atoms with Crippen molar-refractivity contribution in [2.24, 2.45) is 0 Å². The lowest BCUT2D eigenvalue weighted by molar-refractivity contribution is 0.411. The van der Waals surface area contributed by atoms with Gasteiger partial charge in [-0.05, 0) is 48.6 Å². The lowest BCUT2D eigenvalue weighted by Crippen LogP contribution is -2.24. The van der Waals surface area contributed by atoms with E-state index in [0.717, 1.165) is 10.4 Å². The van der Waals surface area contributed by atoms with Gasteiger partial charge < -0.3 is 9.15 Å². The number of aromatic nitrogens is 2. The third kappa shape index (κ3) is 3.73. The molecule has 0 saturated heterocycles. The first-order valence-electron chi connectivity index (χ1n) is 7.42. The molecule has 3 aromatic rings. The highest BCUT2D eigenvalue weighted by Gasteiger charge is 2.20. The quantitative estimate of drug-likeness (QED) is 0.708. The van der Waals surface area contributed by atoms with E-state index in [1.807, 2.05) is 17.5 Å². The van der Waals surface area contributed by atoms with Crippen molar-refractivity contribution in [1.82, 2.24) is 14.9 Å². The van der Waals surface area contributed by atoms with Crippen molar-refractivity contribution in [1.29, 1.82) is 0 Å². The van der Waals surface area contributed by atoms with Gasteiger partial charge in [0, 0.05) is 0 Å². The highest BCUT2D eigenvalue weighted by Crippen LogP contribution is 2.26. The predicted octanol–water partition coefficient (Wildman–Crippen LogP) is 2.90. The van der Waals surface area contributed by atoms with E-state index in [-0.39, 0.29) is 17.3 Å². The predicted molar refractivity (Wildman–Crippen MR) is 94.1 cm³/mol. The smallest absolute Gasteiger partial charge is 0.257 e. The van der Waals surface area contributed by atoms with Crippen LogP contribution >= 0.6 is 11.3 Å². The van der Waals surface area contributed by atoms with Crippen molar-refractivity contribution in [2.75, 3.05) is 7.11 Å². The highest BCUT2D eigenvalue weighted by atomic mass is 32.2. The Hall–Kier alpha value is -2.23. The molecule has 2 heterocycles. The Labute approximate surface area is 149 Å². The van der Waals surface area contributed by atoms with Crippen LogP contribution in [0.2, 0.25) is 0 Å². The molecule has 0 aliphatic heterocycles. The van der Waals surface area contributed by atoms with Crippen LogP contribution in [0.4, 0.5) is 0 Å². The molecule has 0 fully saturated rings. The minimum Gasteiger partial charge on any atom is -0.496 e. The van der Waals surface area contributed by atoms with Crippen molar-refractivity contribution in [3.05, 3.63) is 46.7 Å². The van der Waals surface area contributed by atoms with Crippen molar-refractivity contribution in [3.63, 3.8) is 0 Å².